The number of aromatic amines is 1. The van der Waals surface area contributed by atoms with Crippen LogP contribution in [0.4, 0.5) is 5.69 Å². The van der Waals surface area contributed by atoms with Crippen LogP contribution in [0.15, 0.2) is 40.0 Å². The van der Waals surface area contributed by atoms with Crippen LogP contribution in [-0.4, -0.2) is 18.4 Å². The summed E-state index contributed by atoms with van der Waals surface area (Å²) in [5.74, 6) is 0.545. The van der Waals surface area contributed by atoms with Crippen LogP contribution in [0.1, 0.15) is 18.8 Å². The van der Waals surface area contributed by atoms with E-state index in [4.69, 9.17) is 5.73 Å². The maximum absolute atomic E-state index is 12.3. The molecule has 1 aromatic carbocycles. The van der Waals surface area contributed by atoms with Crippen molar-refractivity contribution in [3.63, 3.8) is 0 Å². The van der Waals surface area contributed by atoms with Crippen molar-refractivity contribution < 1.29 is 8.42 Å². The molecule has 0 aliphatic heterocycles. The molecule has 0 fully saturated rings. The van der Waals surface area contributed by atoms with Gasteiger partial charge in [-0.15, -0.1) is 0 Å². The first kappa shape index (κ1) is 14.0. The van der Waals surface area contributed by atoms with E-state index >= 15 is 0 Å². The van der Waals surface area contributed by atoms with Gasteiger partial charge in [0.25, 0.3) is 0 Å². The van der Waals surface area contributed by atoms with E-state index in [-0.39, 0.29) is 4.90 Å². The highest BCUT2D eigenvalue weighted by molar-refractivity contribution is 9.10. The van der Waals surface area contributed by atoms with E-state index in [1.165, 1.54) is 6.07 Å². The molecular formula is C11H13BrN4O2S. The predicted octanol–water partition coefficient (Wildman–Crippen LogP) is 1.79. The van der Waals surface area contributed by atoms with Gasteiger partial charge in [0.1, 0.15) is 5.82 Å². The molecular weight excluding hydrogens is 332 g/mol. The molecule has 8 heteroatoms. The van der Waals surface area contributed by atoms with Gasteiger partial charge in [-0.3, -0.25) is 0 Å². The highest BCUT2D eigenvalue weighted by Gasteiger charge is 2.22. The van der Waals surface area contributed by atoms with Gasteiger partial charge in [-0.2, -0.15) is 0 Å². The fourth-order valence-electron chi connectivity index (χ4n) is 1.59. The van der Waals surface area contributed by atoms with E-state index in [1.54, 1.807) is 31.5 Å². The molecule has 6 nitrogen and oxygen atoms in total. The zero-order valence-electron chi connectivity index (χ0n) is 10.1. The molecule has 0 bridgehead atoms. The van der Waals surface area contributed by atoms with E-state index in [0.29, 0.717) is 16.0 Å². The smallest absolute Gasteiger partial charge is 0.242 e. The number of halogens is 1. The fourth-order valence-corrected chi connectivity index (χ4v) is 3.80. The highest BCUT2D eigenvalue weighted by atomic mass is 79.9. The third-order valence-electron chi connectivity index (χ3n) is 2.51. The second-order valence-corrected chi connectivity index (χ2v) is 6.54. The number of benzene rings is 1. The van der Waals surface area contributed by atoms with E-state index in [2.05, 4.69) is 30.6 Å². The van der Waals surface area contributed by atoms with Gasteiger partial charge in [-0.1, -0.05) is 0 Å². The molecule has 0 amide bonds. The Hall–Kier alpha value is -1.38. The SMILES string of the molecule is CC(NS(=O)(=O)c1cc(N)ccc1Br)c1ncc[nH]1. The Kier molecular flexibility index (Phi) is 3.93. The average molecular weight is 345 g/mol. The lowest BCUT2D eigenvalue weighted by Gasteiger charge is -2.13. The van der Waals surface area contributed by atoms with Gasteiger partial charge < -0.3 is 10.7 Å². The summed E-state index contributed by atoms with van der Waals surface area (Å²) in [6.07, 6.45) is 3.20. The first-order valence-electron chi connectivity index (χ1n) is 5.47. The average Bonchev–Trinajstić information content (AvgIpc) is 2.85. The topological polar surface area (TPSA) is 101 Å². The largest absolute Gasteiger partial charge is 0.399 e. The van der Waals surface area contributed by atoms with Crippen LogP contribution >= 0.6 is 15.9 Å². The van der Waals surface area contributed by atoms with Crippen molar-refractivity contribution in [2.24, 2.45) is 0 Å². The van der Waals surface area contributed by atoms with Gasteiger partial charge in [0.05, 0.1) is 10.9 Å². The summed E-state index contributed by atoms with van der Waals surface area (Å²) in [6.45, 7) is 1.70. The molecule has 1 heterocycles. The molecule has 0 spiro atoms. The third kappa shape index (κ3) is 3.14. The fraction of sp³-hybridized carbons (Fsp3) is 0.182. The molecule has 2 rings (SSSR count). The lowest BCUT2D eigenvalue weighted by Crippen LogP contribution is -2.28. The molecule has 0 saturated heterocycles. The molecule has 0 saturated carbocycles. The van der Waals surface area contributed by atoms with Gasteiger partial charge in [0.2, 0.25) is 10.0 Å². The van der Waals surface area contributed by atoms with Crippen LogP contribution in [0.2, 0.25) is 0 Å². The number of rotatable bonds is 4. The number of hydrogen-bond donors (Lipinski definition) is 3. The first-order valence-corrected chi connectivity index (χ1v) is 7.74. The molecule has 0 aliphatic carbocycles. The quantitative estimate of drug-likeness (QED) is 0.736. The van der Waals surface area contributed by atoms with Crippen molar-refractivity contribution in [2.45, 2.75) is 17.9 Å². The number of H-pyrrole nitrogens is 1. The van der Waals surface area contributed by atoms with Crippen molar-refractivity contribution in [3.8, 4) is 0 Å². The number of anilines is 1. The lowest BCUT2D eigenvalue weighted by atomic mass is 10.3. The number of nitrogens with zero attached hydrogens (tertiary/aromatic N) is 1. The molecule has 4 N–H and O–H groups in total. The predicted molar refractivity (Wildman–Crippen MR) is 75.9 cm³/mol. The van der Waals surface area contributed by atoms with E-state index in [0.717, 1.165) is 0 Å². The van der Waals surface area contributed by atoms with E-state index in [1.807, 2.05) is 0 Å². The summed E-state index contributed by atoms with van der Waals surface area (Å²) in [4.78, 5) is 6.98. The number of nitrogen functional groups attached to an aromatic ring is 1. The second-order valence-electron chi connectivity index (χ2n) is 4.01. The van der Waals surface area contributed by atoms with Crippen molar-refractivity contribution in [3.05, 3.63) is 40.9 Å². The molecule has 1 aromatic heterocycles. The molecule has 1 atom stereocenters. The summed E-state index contributed by atoms with van der Waals surface area (Å²) in [7, 11) is -3.68. The Morgan fingerprint density at radius 1 is 1.47 bits per heavy atom. The van der Waals surface area contributed by atoms with Crippen molar-refractivity contribution in [1.29, 1.82) is 0 Å². The van der Waals surface area contributed by atoms with Crippen molar-refractivity contribution in [2.75, 3.05) is 5.73 Å². The van der Waals surface area contributed by atoms with E-state index in [9.17, 15) is 8.42 Å². The summed E-state index contributed by atoms with van der Waals surface area (Å²) in [6, 6.07) is 4.16. The molecule has 19 heavy (non-hydrogen) atoms. The minimum Gasteiger partial charge on any atom is -0.399 e. The maximum atomic E-state index is 12.3. The lowest BCUT2D eigenvalue weighted by molar-refractivity contribution is 0.560. The number of aromatic nitrogens is 2. The standard InChI is InChI=1S/C11H13BrN4O2S/c1-7(11-14-4-5-15-11)16-19(17,18)10-6-8(13)2-3-9(10)12/h2-7,16H,13H2,1H3,(H,14,15). The van der Waals surface area contributed by atoms with Crippen LogP contribution in [0.25, 0.3) is 0 Å². The van der Waals surface area contributed by atoms with Crippen LogP contribution in [-0.2, 0) is 10.0 Å². The summed E-state index contributed by atoms with van der Waals surface area (Å²) in [5.41, 5.74) is 6.00. The normalized spacial score (nSPS) is 13.4. The summed E-state index contributed by atoms with van der Waals surface area (Å²) < 4.78 is 27.5. The Morgan fingerprint density at radius 2 is 2.21 bits per heavy atom. The molecule has 102 valence electrons. The maximum Gasteiger partial charge on any atom is 0.242 e. The molecule has 2 aromatic rings. The Morgan fingerprint density at radius 3 is 2.84 bits per heavy atom. The monoisotopic (exact) mass is 344 g/mol. The van der Waals surface area contributed by atoms with Crippen molar-refractivity contribution >= 4 is 31.6 Å². The molecule has 0 aliphatic rings. The summed E-state index contributed by atoms with van der Waals surface area (Å²) in [5, 5.41) is 0. The highest BCUT2D eigenvalue weighted by Crippen LogP contribution is 2.25. The Balaban J connectivity index is 2.30. The van der Waals surface area contributed by atoms with Gasteiger partial charge in [-0.05, 0) is 41.1 Å². The summed E-state index contributed by atoms with van der Waals surface area (Å²) >= 11 is 3.21. The van der Waals surface area contributed by atoms with Crippen LogP contribution in [0.3, 0.4) is 0 Å². The first-order chi connectivity index (χ1) is 8.90. The van der Waals surface area contributed by atoms with Crippen LogP contribution in [0.5, 0.6) is 0 Å². The van der Waals surface area contributed by atoms with Crippen molar-refractivity contribution in [1.82, 2.24) is 14.7 Å². The van der Waals surface area contributed by atoms with Crippen LogP contribution in [0, 0.1) is 0 Å². The number of nitrogens with one attached hydrogen (secondary N) is 2. The zero-order valence-corrected chi connectivity index (χ0v) is 12.5. The second kappa shape index (κ2) is 5.32. The number of hydrogen-bond acceptors (Lipinski definition) is 4. The Bertz CT molecular complexity index is 670. The number of nitrogens with two attached hydrogens (primary N) is 1. The number of sulfonamides is 1. The van der Waals surface area contributed by atoms with Gasteiger partial charge in [0.15, 0.2) is 0 Å². The number of imidazole rings is 1. The van der Waals surface area contributed by atoms with Gasteiger partial charge in [0, 0.05) is 22.6 Å². The Labute approximate surface area is 119 Å². The molecule has 1 unspecified atom stereocenters. The van der Waals surface area contributed by atoms with E-state index < -0.39 is 16.1 Å². The van der Waals surface area contributed by atoms with Crippen LogP contribution < -0.4 is 10.5 Å². The molecule has 0 radical (unpaired) electrons. The zero-order chi connectivity index (χ0) is 14.0. The minimum absolute atomic E-state index is 0.103. The van der Waals surface area contributed by atoms with Gasteiger partial charge >= 0.3 is 0 Å². The third-order valence-corrected chi connectivity index (χ3v) is 5.04. The van der Waals surface area contributed by atoms with Gasteiger partial charge in [-0.25, -0.2) is 18.1 Å². The minimum atomic E-state index is -3.68.